The maximum atomic E-state index is 9.97. The van der Waals surface area contributed by atoms with Gasteiger partial charge in [-0.3, -0.25) is 4.99 Å². The number of likely N-dealkylation sites (tertiary alicyclic amines) is 1. The van der Waals surface area contributed by atoms with E-state index in [1.54, 1.807) is 19.2 Å². The van der Waals surface area contributed by atoms with Gasteiger partial charge in [-0.15, -0.1) is 0 Å². The Morgan fingerprint density at radius 3 is 2.95 bits per heavy atom. The summed E-state index contributed by atoms with van der Waals surface area (Å²) in [7, 11) is 3.75. The molecular formula is C15H22N2O2. The number of hydrogen-bond acceptors (Lipinski definition) is 4. The number of aliphatic imine (C=N–C) groups is 1. The zero-order valence-corrected chi connectivity index (χ0v) is 11.9. The SMILES string of the molecule is COc1cccc(O)c1/C(C)=N/CC1CCCN1C. The highest BCUT2D eigenvalue weighted by molar-refractivity contribution is 6.03. The molecule has 1 aliphatic heterocycles. The van der Waals surface area contributed by atoms with Gasteiger partial charge in [-0.25, -0.2) is 0 Å². The van der Waals surface area contributed by atoms with E-state index in [0.717, 1.165) is 18.8 Å². The fraction of sp³-hybridized carbons (Fsp3) is 0.533. The number of aromatic hydroxyl groups is 1. The Balaban J connectivity index is 2.16. The zero-order valence-electron chi connectivity index (χ0n) is 11.9. The van der Waals surface area contributed by atoms with Crippen LogP contribution in [-0.4, -0.2) is 49.0 Å². The summed E-state index contributed by atoms with van der Waals surface area (Å²) in [5.41, 5.74) is 1.53. The molecule has 4 nitrogen and oxygen atoms in total. The lowest BCUT2D eigenvalue weighted by molar-refractivity contribution is 0.317. The Kier molecular flexibility index (Phi) is 4.43. The maximum absolute atomic E-state index is 9.97. The lowest BCUT2D eigenvalue weighted by Crippen LogP contribution is -2.27. The Bertz CT molecular complexity index is 471. The predicted octanol–water partition coefficient (Wildman–Crippen LogP) is 2.30. The largest absolute Gasteiger partial charge is 0.507 e. The number of phenolic OH excluding ortho intramolecular Hbond substituents is 1. The van der Waals surface area contributed by atoms with Crippen molar-refractivity contribution in [1.82, 2.24) is 4.90 Å². The van der Waals surface area contributed by atoms with Gasteiger partial charge in [0.25, 0.3) is 0 Å². The van der Waals surface area contributed by atoms with E-state index >= 15 is 0 Å². The van der Waals surface area contributed by atoms with Crippen LogP contribution in [0, 0.1) is 0 Å². The topological polar surface area (TPSA) is 45.1 Å². The average molecular weight is 262 g/mol. The second kappa shape index (κ2) is 6.06. The summed E-state index contributed by atoms with van der Waals surface area (Å²) in [6.45, 7) is 3.85. The first-order valence-electron chi connectivity index (χ1n) is 6.71. The third-order valence-corrected chi connectivity index (χ3v) is 3.80. The molecule has 2 rings (SSSR count). The molecule has 4 heteroatoms. The van der Waals surface area contributed by atoms with Gasteiger partial charge in [-0.05, 0) is 45.5 Å². The Hall–Kier alpha value is -1.55. The minimum atomic E-state index is 0.223. The fourth-order valence-electron chi connectivity index (χ4n) is 2.58. The molecule has 19 heavy (non-hydrogen) atoms. The van der Waals surface area contributed by atoms with Gasteiger partial charge in [0.05, 0.1) is 19.2 Å². The molecule has 0 bridgehead atoms. The van der Waals surface area contributed by atoms with Crippen LogP contribution in [0.1, 0.15) is 25.3 Å². The standard InChI is InChI=1S/C15H22N2O2/c1-11(16-10-12-6-5-9-17(12)2)15-13(18)7-4-8-14(15)19-3/h4,7-8,12,18H,5-6,9-10H2,1-3H3/b16-11+. The summed E-state index contributed by atoms with van der Waals surface area (Å²) in [5, 5.41) is 9.97. The molecule has 0 spiro atoms. The van der Waals surface area contributed by atoms with Crippen molar-refractivity contribution < 1.29 is 9.84 Å². The number of likely N-dealkylation sites (N-methyl/N-ethyl adjacent to an activating group) is 1. The van der Waals surface area contributed by atoms with Crippen molar-refractivity contribution in [1.29, 1.82) is 0 Å². The second-order valence-corrected chi connectivity index (χ2v) is 5.06. The van der Waals surface area contributed by atoms with Crippen molar-refractivity contribution >= 4 is 5.71 Å². The first-order chi connectivity index (χ1) is 9.13. The molecular weight excluding hydrogens is 240 g/mol. The fourth-order valence-corrected chi connectivity index (χ4v) is 2.58. The number of phenols is 1. The van der Waals surface area contributed by atoms with Crippen LogP contribution in [-0.2, 0) is 0 Å². The number of hydrogen-bond donors (Lipinski definition) is 1. The third kappa shape index (κ3) is 3.07. The highest BCUT2D eigenvalue weighted by Crippen LogP contribution is 2.28. The molecule has 0 amide bonds. The Morgan fingerprint density at radius 1 is 1.53 bits per heavy atom. The minimum absolute atomic E-state index is 0.223. The van der Waals surface area contributed by atoms with Gasteiger partial charge < -0.3 is 14.7 Å². The summed E-state index contributed by atoms with van der Waals surface area (Å²) in [6.07, 6.45) is 2.45. The number of nitrogens with zero attached hydrogens (tertiary/aromatic N) is 2. The second-order valence-electron chi connectivity index (χ2n) is 5.06. The normalized spacial score (nSPS) is 20.8. The van der Waals surface area contributed by atoms with Crippen molar-refractivity contribution in [3.05, 3.63) is 23.8 Å². The highest BCUT2D eigenvalue weighted by atomic mass is 16.5. The summed E-state index contributed by atoms with van der Waals surface area (Å²) in [6, 6.07) is 5.80. The van der Waals surface area contributed by atoms with Gasteiger partial charge in [0, 0.05) is 11.8 Å². The van der Waals surface area contributed by atoms with E-state index in [4.69, 9.17) is 4.74 Å². The molecule has 1 aliphatic rings. The summed E-state index contributed by atoms with van der Waals surface area (Å²) < 4.78 is 5.29. The van der Waals surface area contributed by atoms with Crippen molar-refractivity contribution in [2.24, 2.45) is 4.99 Å². The first-order valence-corrected chi connectivity index (χ1v) is 6.71. The Morgan fingerprint density at radius 2 is 2.32 bits per heavy atom. The molecule has 0 saturated carbocycles. The molecule has 1 fully saturated rings. The van der Waals surface area contributed by atoms with Crippen LogP contribution in [0.15, 0.2) is 23.2 Å². The lowest BCUT2D eigenvalue weighted by atomic mass is 10.1. The van der Waals surface area contributed by atoms with Gasteiger partial charge >= 0.3 is 0 Å². The monoisotopic (exact) mass is 262 g/mol. The lowest BCUT2D eigenvalue weighted by Gasteiger charge is -2.17. The highest BCUT2D eigenvalue weighted by Gasteiger charge is 2.20. The van der Waals surface area contributed by atoms with E-state index in [9.17, 15) is 5.11 Å². The molecule has 0 aromatic heterocycles. The molecule has 0 radical (unpaired) electrons. The van der Waals surface area contributed by atoms with Gasteiger partial charge in [0.2, 0.25) is 0 Å². The van der Waals surface area contributed by atoms with Crippen molar-refractivity contribution in [2.75, 3.05) is 27.2 Å². The van der Waals surface area contributed by atoms with Crippen molar-refractivity contribution in [3.8, 4) is 11.5 Å². The van der Waals surface area contributed by atoms with Crippen LogP contribution in [0.25, 0.3) is 0 Å². The van der Waals surface area contributed by atoms with Gasteiger partial charge in [0.1, 0.15) is 11.5 Å². The third-order valence-electron chi connectivity index (χ3n) is 3.80. The molecule has 1 aromatic rings. The molecule has 1 atom stereocenters. The van der Waals surface area contributed by atoms with E-state index in [1.807, 2.05) is 13.0 Å². The number of methoxy groups -OCH3 is 1. The number of benzene rings is 1. The first kappa shape index (κ1) is 13.9. The molecule has 1 heterocycles. The average Bonchev–Trinajstić information content (AvgIpc) is 2.81. The molecule has 1 unspecified atom stereocenters. The quantitative estimate of drug-likeness (QED) is 0.847. The van der Waals surface area contributed by atoms with Crippen LogP contribution in [0.3, 0.4) is 0 Å². The molecule has 1 aromatic carbocycles. The summed E-state index contributed by atoms with van der Waals surface area (Å²) in [4.78, 5) is 6.98. The van der Waals surface area contributed by atoms with Crippen molar-refractivity contribution in [3.63, 3.8) is 0 Å². The van der Waals surface area contributed by atoms with E-state index in [2.05, 4.69) is 16.9 Å². The van der Waals surface area contributed by atoms with E-state index < -0.39 is 0 Å². The molecule has 0 aliphatic carbocycles. The smallest absolute Gasteiger partial charge is 0.131 e. The number of rotatable bonds is 4. The van der Waals surface area contributed by atoms with Crippen LogP contribution in [0.2, 0.25) is 0 Å². The predicted molar refractivity (Wildman–Crippen MR) is 77.4 cm³/mol. The minimum Gasteiger partial charge on any atom is -0.507 e. The van der Waals surface area contributed by atoms with Crippen LogP contribution in [0.5, 0.6) is 11.5 Å². The summed E-state index contributed by atoms with van der Waals surface area (Å²) >= 11 is 0. The van der Waals surface area contributed by atoms with Crippen LogP contribution in [0.4, 0.5) is 0 Å². The van der Waals surface area contributed by atoms with E-state index in [-0.39, 0.29) is 5.75 Å². The molecule has 104 valence electrons. The van der Waals surface area contributed by atoms with E-state index in [1.165, 1.54) is 12.8 Å². The zero-order chi connectivity index (χ0) is 13.8. The van der Waals surface area contributed by atoms with E-state index in [0.29, 0.717) is 17.4 Å². The van der Waals surface area contributed by atoms with Gasteiger partial charge in [-0.2, -0.15) is 0 Å². The van der Waals surface area contributed by atoms with Crippen LogP contribution < -0.4 is 4.74 Å². The maximum Gasteiger partial charge on any atom is 0.131 e. The van der Waals surface area contributed by atoms with Gasteiger partial charge in [0.15, 0.2) is 0 Å². The number of ether oxygens (including phenoxy) is 1. The molecule has 1 N–H and O–H groups in total. The Labute approximate surface area is 114 Å². The summed E-state index contributed by atoms with van der Waals surface area (Å²) in [5.74, 6) is 0.890. The molecule has 1 saturated heterocycles. The van der Waals surface area contributed by atoms with Crippen LogP contribution >= 0.6 is 0 Å². The van der Waals surface area contributed by atoms with Crippen molar-refractivity contribution in [2.45, 2.75) is 25.8 Å². The van der Waals surface area contributed by atoms with Gasteiger partial charge in [-0.1, -0.05) is 6.07 Å².